The first-order valence-electron chi connectivity index (χ1n) is 9.02. The molecule has 1 amide bonds. The lowest BCUT2D eigenvalue weighted by molar-refractivity contribution is -0.121. The number of amides is 1. The maximum atomic E-state index is 12.7. The van der Waals surface area contributed by atoms with Crippen molar-refractivity contribution in [1.29, 1.82) is 0 Å². The molecule has 2 heterocycles. The Balaban J connectivity index is 2.29. The minimum atomic E-state index is -0.338. The van der Waals surface area contributed by atoms with Gasteiger partial charge in [0.1, 0.15) is 4.83 Å². The zero-order chi connectivity index (χ0) is 19.6. The van der Waals surface area contributed by atoms with E-state index in [9.17, 15) is 9.59 Å². The van der Waals surface area contributed by atoms with E-state index in [1.165, 1.54) is 11.8 Å². The lowest BCUT2D eigenvalue weighted by atomic mass is 9.98. The minimum Gasteiger partial charge on any atom is -0.351 e. The van der Waals surface area contributed by atoms with Gasteiger partial charge >= 0.3 is 0 Å². The third-order valence-electron chi connectivity index (χ3n) is 4.25. The number of fused-ring (bicyclic) bond motifs is 1. The third kappa shape index (κ3) is 5.10. The van der Waals surface area contributed by atoms with Crippen molar-refractivity contribution in [1.82, 2.24) is 15.3 Å². The number of carbonyl (C=O) groups is 1. The molecule has 0 aliphatic heterocycles. The van der Waals surface area contributed by atoms with Crippen LogP contribution in [0.1, 0.15) is 58.4 Å². The molecule has 0 bridgehead atoms. The van der Waals surface area contributed by atoms with Crippen LogP contribution < -0.4 is 10.9 Å². The highest BCUT2D eigenvalue weighted by molar-refractivity contribution is 8.00. The summed E-state index contributed by atoms with van der Waals surface area (Å²) >= 11 is 2.84. The zero-order valence-electron chi connectivity index (χ0n) is 16.6. The van der Waals surface area contributed by atoms with Crippen molar-refractivity contribution in [3.8, 4) is 0 Å². The minimum absolute atomic E-state index is 0.0648. The van der Waals surface area contributed by atoms with Gasteiger partial charge in [-0.15, -0.1) is 11.3 Å². The number of hydrogen-bond acceptors (Lipinski definition) is 5. The molecule has 0 fully saturated rings. The number of thiophene rings is 1. The van der Waals surface area contributed by atoms with Crippen LogP contribution in [-0.4, -0.2) is 26.7 Å². The molecule has 2 aromatic rings. The molecule has 7 heteroatoms. The van der Waals surface area contributed by atoms with Gasteiger partial charge in [-0.2, -0.15) is 0 Å². The van der Waals surface area contributed by atoms with Crippen LogP contribution in [-0.2, 0) is 11.2 Å². The largest absolute Gasteiger partial charge is 0.351 e. The van der Waals surface area contributed by atoms with E-state index in [2.05, 4.69) is 36.1 Å². The Bertz CT molecular complexity index is 849. The molecule has 5 nitrogen and oxygen atoms in total. The quantitative estimate of drug-likeness (QED) is 0.565. The number of rotatable bonds is 6. The maximum absolute atomic E-state index is 12.7. The van der Waals surface area contributed by atoms with Crippen LogP contribution in [0.25, 0.3) is 10.2 Å². The van der Waals surface area contributed by atoms with Crippen LogP contribution in [0.15, 0.2) is 9.95 Å². The smallest absolute Gasteiger partial charge is 0.260 e. The van der Waals surface area contributed by atoms with Crippen LogP contribution >= 0.6 is 23.1 Å². The number of aryl methyl sites for hydroxylation is 1. The first kappa shape index (κ1) is 21.0. The number of nitrogens with zero attached hydrogens (tertiary/aromatic N) is 1. The van der Waals surface area contributed by atoms with E-state index in [0.717, 1.165) is 28.1 Å². The van der Waals surface area contributed by atoms with E-state index < -0.39 is 0 Å². The highest BCUT2D eigenvalue weighted by atomic mass is 32.2. The summed E-state index contributed by atoms with van der Waals surface area (Å²) < 4.78 is 0. The van der Waals surface area contributed by atoms with Gasteiger partial charge in [-0.1, -0.05) is 32.0 Å². The lowest BCUT2D eigenvalue weighted by Gasteiger charge is -2.22. The summed E-state index contributed by atoms with van der Waals surface area (Å²) in [6, 6.07) is 0. The summed E-state index contributed by atoms with van der Waals surface area (Å²) in [7, 11) is 0. The third-order valence-corrected chi connectivity index (χ3v) is 6.27. The van der Waals surface area contributed by atoms with E-state index in [0.29, 0.717) is 16.5 Å². The number of H-pyrrole nitrogens is 1. The highest BCUT2D eigenvalue weighted by Gasteiger charge is 2.22. The maximum Gasteiger partial charge on any atom is 0.260 e. The molecule has 0 spiro atoms. The number of aromatic amines is 1. The predicted molar refractivity (Wildman–Crippen MR) is 111 cm³/mol. The average Bonchev–Trinajstić information content (AvgIpc) is 2.81. The van der Waals surface area contributed by atoms with E-state index in [1.807, 2.05) is 27.7 Å². The van der Waals surface area contributed by atoms with E-state index >= 15 is 0 Å². The molecule has 144 valence electrons. The number of carbonyl (C=O) groups excluding carboxylic acids is 1. The van der Waals surface area contributed by atoms with Crippen LogP contribution in [0, 0.1) is 12.8 Å². The van der Waals surface area contributed by atoms with Crippen LogP contribution in [0.2, 0.25) is 0 Å². The molecule has 0 aliphatic rings. The SMILES string of the molecule is CC[C@@H](C)Cc1c(C)sc2nc(S[C@H](C)C(=O)NC(C)(C)C)[nH]c(=O)c12. The van der Waals surface area contributed by atoms with E-state index in [4.69, 9.17) is 0 Å². The Hall–Kier alpha value is -1.34. The molecule has 2 aromatic heterocycles. The summed E-state index contributed by atoms with van der Waals surface area (Å²) in [5, 5.41) is 3.83. The van der Waals surface area contributed by atoms with Crippen LogP contribution in [0.4, 0.5) is 0 Å². The topological polar surface area (TPSA) is 74.8 Å². The van der Waals surface area contributed by atoms with Crippen molar-refractivity contribution >= 4 is 39.2 Å². The van der Waals surface area contributed by atoms with Crippen LogP contribution in [0.3, 0.4) is 0 Å². The van der Waals surface area contributed by atoms with Gasteiger partial charge in [-0.05, 0) is 52.5 Å². The van der Waals surface area contributed by atoms with Crippen molar-refractivity contribution in [2.75, 3.05) is 0 Å². The van der Waals surface area contributed by atoms with Gasteiger partial charge in [0.05, 0.1) is 10.6 Å². The standard InChI is InChI=1S/C19H29N3O2S2/c1-8-10(2)9-13-11(3)25-17-14(13)16(24)20-18(21-17)26-12(4)15(23)22-19(5,6)7/h10,12H,8-9H2,1-7H3,(H,22,23)(H,20,21,24)/t10-,12-/m1/s1. The second-order valence-electron chi connectivity index (χ2n) is 7.90. The van der Waals surface area contributed by atoms with Crippen molar-refractivity contribution in [2.24, 2.45) is 5.92 Å². The lowest BCUT2D eigenvalue weighted by Crippen LogP contribution is -2.44. The Kier molecular flexibility index (Phi) is 6.55. The molecule has 26 heavy (non-hydrogen) atoms. The summed E-state index contributed by atoms with van der Waals surface area (Å²) in [5.74, 6) is 0.464. The molecule has 2 rings (SSSR count). The van der Waals surface area contributed by atoms with Crippen molar-refractivity contribution in [3.05, 3.63) is 20.8 Å². The Labute approximate surface area is 163 Å². The van der Waals surface area contributed by atoms with Gasteiger partial charge in [-0.3, -0.25) is 9.59 Å². The molecular formula is C19H29N3O2S2. The Morgan fingerprint density at radius 3 is 2.58 bits per heavy atom. The average molecular weight is 396 g/mol. The predicted octanol–water partition coefficient (Wildman–Crippen LogP) is 4.28. The van der Waals surface area contributed by atoms with Crippen molar-refractivity contribution in [3.63, 3.8) is 0 Å². The van der Waals surface area contributed by atoms with Gasteiger partial charge < -0.3 is 10.3 Å². The second kappa shape index (κ2) is 8.13. The molecule has 0 radical (unpaired) electrons. The molecule has 2 N–H and O–H groups in total. The van der Waals surface area contributed by atoms with Gasteiger partial charge in [0.25, 0.3) is 5.56 Å². The Morgan fingerprint density at radius 1 is 1.35 bits per heavy atom. The molecule has 0 aromatic carbocycles. The number of thioether (sulfide) groups is 1. The van der Waals surface area contributed by atoms with E-state index in [-0.39, 0.29) is 22.3 Å². The molecule has 0 saturated carbocycles. The second-order valence-corrected chi connectivity index (χ2v) is 10.4. The molecule has 0 aliphatic carbocycles. The molecular weight excluding hydrogens is 366 g/mol. The summed E-state index contributed by atoms with van der Waals surface area (Å²) in [4.78, 5) is 34.3. The summed E-state index contributed by atoms with van der Waals surface area (Å²) in [6.45, 7) is 14.1. The highest BCUT2D eigenvalue weighted by Crippen LogP contribution is 2.31. The zero-order valence-corrected chi connectivity index (χ0v) is 18.3. The number of aromatic nitrogens is 2. The molecule has 0 saturated heterocycles. The fourth-order valence-electron chi connectivity index (χ4n) is 2.64. The normalized spacial score (nSPS) is 14.4. The monoisotopic (exact) mass is 395 g/mol. The van der Waals surface area contributed by atoms with Gasteiger partial charge in [-0.25, -0.2) is 4.98 Å². The van der Waals surface area contributed by atoms with Gasteiger partial charge in [0.2, 0.25) is 5.91 Å². The molecule has 2 atom stereocenters. The first-order chi connectivity index (χ1) is 12.0. The fourth-order valence-corrected chi connectivity index (χ4v) is 4.55. The summed E-state index contributed by atoms with van der Waals surface area (Å²) in [6.07, 6.45) is 1.97. The van der Waals surface area contributed by atoms with E-state index in [1.54, 1.807) is 11.3 Å². The molecule has 0 unspecified atom stereocenters. The number of hydrogen-bond donors (Lipinski definition) is 2. The van der Waals surface area contributed by atoms with Gasteiger partial charge in [0, 0.05) is 10.4 Å². The fraction of sp³-hybridized carbons (Fsp3) is 0.632. The van der Waals surface area contributed by atoms with Crippen LogP contribution in [0.5, 0.6) is 0 Å². The first-order valence-corrected chi connectivity index (χ1v) is 10.7. The summed E-state index contributed by atoms with van der Waals surface area (Å²) in [5.41, 5.74) is 0.721. The van der Waals surface area contributed by atoms with Gasteiger partial charge in [0.15, 0.2) is 5.16 Å². The Morgan fingerprint density at radius 2 is 2.00 bits per heavy atom. The number of nitrogens with one attached hydrogen (secondary N) is 2. The van der Waals surface area contributed by atoms with Crippen molar-refractivity contribution < 1.29 is 4.79 Å². The van der Waals surface area contributed by atoms with Crippen molar-refractivity contribution in [2.45, 2.75) is 77.3 Å².